The Kier molecular flexibility index (Phi) is 10.1. The van der Waals surface area contributed by atoms with E-state index in [1.807, 2.05) is 34.0 Å². The monoisotopic (exact) mass is 1170 g/mol. The fraction of sp³-hybridized carbons (Fsp3) is 0. The Morgan fingerprint density at radius 1 is 0.216 bits per heavy atom. The minimum atomic E-state index is 0.671. The highest BCUT2D eigenvalue weighted by Gasteiger charge is 2.22. The molecule has 20 rings (SSSR count). The number of para-hydroxylation sites is 3. The highest BCUT2D eigenvalue weighted by atomic mass is 32.1. The zero-order valence-corrected chi connectivity index (χ0v) is 49.4. The van der Waals surface area contributed by atoms with Crippen molar-refractivity contribution in [3.63, 3.8) is 0 Å². The van der Waals surface area contributed by atoms with Crippen molar-refractivity contribution in [2.45, 2.75) is 0 Å². The van der Waals surface area contributed by atoms with Crippen molar-refractivity contribution >= 4 is 171 Å². The van der Waals surface area contributed by atoms with Gasteiger partial charge in [0, 0.05) is 126 Å². The fourth-order valence-electron chi connectivity index (χ4n) is 14.4. The van der Waals surface area contributed by atoms with Crippen molar-refractivity contribution < 1.29 is 0 Å². The van der Waals surface area contributed by atoms with E-state index in [-0.39, 0.29) is 0 Å². The number of benzene rings is 13. The Bertz CT molecular complexity index is 6380. The SMILES string of the molecule is c1cc(-c2ccc3nc(-c4cccc(-n5c6ccccc6c6cc7c(cc65)sc5ccccc57)c4)nc(-c4ccc(-n5c6ccccc6c6cc7c(cc65)sc5ccccc57)cc4)c3c2)cc(-n2c3ccccc3c3cc4c(cc32)sc2ccccc24)c1. The summed E-state index contributed by atoms with van der Waals surface area (Å²) in [5.74, 6) is 0.671. The van der Waals surface area contributed by atoms with Crippen LogP contribution in [0.5, 0.6) is 0 Å². The van der Waals surface area contributed by atoms with Gasteiger partial charge in [-0.15, -0.1) is 34.0 Å². The van der Waals surface area contributed by atoms with Crippen molar-refractivity contribution in [2.24, 2.45) is 0 Å². The quantitative estimate of drug-likeness (QED) is 0.166. The van der Waals surface area contributed by atoms with Crippen molar-refractivity contribution in [3.8, 4) is 50.8 Å². The maximum Gasteiger partial charge on any atom is 0.160 e. The highest BCUT2D eigenvalue weighted by molar-refractivity contribution is 7.26. The first-order valence-electron chi connectivity index (χ1n) is 29.8. The first-order valence-corrected chi connectivity index (χ1v) is 32.2. The third kappa shape index (κ3) is 7.07. The molecule has 0 aliphatic heterocycles. The lowest BCUT2D eigenvalue weighted by Crippen LogP contribution is -1.99. The van der Waals surface area contributed by atoms with E-state index in [2.05, 4.69) is 287 Å². The van der Waals surface area contributed by atoms with E-state index in [0.717, 1.165) is 61.4 Å². The normalized spacial score (nSPS) is 12.3. The average Bonchev–Trinajstić information content (AvgIpc) is 1.89. The molecule has 0 saturated heterocycles. The Hall–Kier alpha value is -10.7. The third-order valence-corrected chi connectivity index (χ3v) is 21.8. The van der Waals surface area contributed by atoms with Gasteiger partial charge in [-0.25, -0.2) is 9.97 Å². The molecule has 7 aromatic heterocycles. The minimum Gasteiger partial charge on any atom is -0.309 e. The molecule has 0 bridgehead atoms. The molecule has 0 saturated carbocycles. The van der Waals surface area contributed by atoms with Gasteiger partial charge in [0.15, 0.2) is 5.82 Å². The molecule has 5 nitrogen and oxygen atoms in total. The number of thiophene rings is 3. The largest absolute Gasteiger partial charge is 0.309 e. The standard InChI is InChI=1S/C80H45N5S3/c1-7-25-67-53(19-1)59-40-62-56-22-4-10-28-73(56)86-76(62)43-70(59)83(67)50-34-31-46(32-35-50)79-65-39-48(47-15-13-17-51(37-47)84-68-26-8-2-20-54(68)60-41-63-57-23-5-11-29-74(57)87-77(63)44-71(60)84)33-36-66(65)81-80(82-79)49-16-14-18-52(38-49)85-69-27-9-3-21-55(69)61-42-64-58-24-6-12-30-75(58)88-78(64)45-72(61)85/h1-45H. The molecule has 0 atom stereocenters. The fourth-order valence-corrected chi connectivity index (χ4v) is 17.8. The Labute approximate surface area is 514 Å². The number of rotatable bonds is 6. The van der Waals surface area contributed by atoms with E-state index in [1.165, 1.54) is 120 Å². The summed E-state index contributed by atoms with van der Waals surface area (Å²) >= 11 is 5.59. The minimum absolute atomic E-state index is 0.671. The molecule has 20 aromatic rings. The molecule has 0 aliphatic rings. The number of hydrogen-bond acceptors (Lipinski definition) is 5. The van der Waals surface area contributed by atoms with E-state index in [0.29, 0.717) is 5.82 Å². The molecule has 0 N–H and O–H groups in total. The average molecular weight is 1170 g/mol. The zero-order chi connectivity index (χ0) is 57.3. The van der Waals surface area contributed by atoms with E-state index >= 15 is 0 Å². The van der Waals surface area contributed by atoms with Crippen LogP contribution in [0.2, 0.25) is 0 Å². The van der Waals surface area contributed by atoms with Gasteiger partial charge in [0.1, 0.15) is 0 Å². The van der Waals surface area contributed by atoms with Crippen LogP contribution in [-0.4, -0.2) is 23.7 Å². The molecule has 13 aromatic carbocycles. The summed E-state index contributed by atoms with van der Waals surface area (Å²) < 4.78 is 15.1. The molecule has 0 aliphatic carbocycles. The molecule has 0 amide bonds. The summed E-state index contributed by atoms with van der Waals surface area (Å²) in [5.41, 5.74) is 16.3. The zero-order valence-electron chi connectivity index (χ0n) is 46.9. The molecule has 7 heterocycles. The predicted molar refractivity (Wildman–Crippen MR) is 378 cm³/mol. The van der Waals surface area contributed by atoms with Crippen LogP contribution in [0.1, 0.15) is 0 Å². The Morgan fingerprint density at radius 2 is 0.614 bits per heavy atom. The van der Waals surface area contributed by atoms with Gasteiger partial charge in [-0.05, 0) is 132 Å². The molecule has 8 heteroatoms. The predicted octanol–water partition coefficient (Wildman–Crippen LogP) is 23.0. The Morgan fingerprint density at radius 3 is 1.10 bits per heavy atom. The van der Waals surface area contributed by atoms with Gasteiger partial charge in [0.05, 0.1) is 44.3 Å². The van der Waals surface area contributed by atoms with Gasteiger partial charge in [-0.1, -0.05) is 152 Å². The van der Waals surface area contributed by atoms with E-state index < -0.39 is 0 Å². The van der Waals surface area contributed by atoms with Gasteiger partial charge >= 0.3 is 0 Å². The van der Waals surface area contributed by atoms with Crippen LogP contribution in [0, 0.1) is 0 Å². The van der Waals surface area contributed by atoms with Crippen LogP contribution in [-0.2, 0) is 0 Å². The van der Waals surface area contributed by atoms with Gasteiger partial charge in [0.25, 0.3) is 0 Å². The van der Waals surface area contributed by atoms with Crippen LogP contribution < -0.4 is 0 Å². The second-order valence-electron chi connectivity index (χ2n) is 23.2. The topological polar surface area (TPSA) is 40.6 Å². The summed E-state index contributed by atoms with van der Waals surface area (Å²) in [6.45, 7) is 0. The molecule has 0 radical (unpaired) electrons. The first-order chi connectivity index (χ1) is 43.6. The van der Waals surface area contributed by atoms with Crippen LogP contribution >= 0.6 is 34.0 Å². The maximum atomic E-state index is 5.68. The van der Waals surface area contributed by atoms with E-state index in [9.17, 15) is 0 Å². The molecule has 0 unspecified atom stereocenters. The lowest BCUT2D eigenvalue weighted by molar-refractivity contribution is 1.17. The van der Waals surface area contributed by atoms with Gasteiger partial charge in [0.2, 0.25) is 0 Å². The van der Waals surface area contributed by atoms with Crippen molar-refractivity contribution in [1.82, 2.24) is 23.7 Å². The summed E-state index contributed by atoms with van der Waals surface area (Å²) in [4.78, 5) is 11.2. The van der Waals surface area contributed by atoms with E-state index in [4.69, 9.17) is 9.97 Å². The number of nitrogens with zero attached hydrogens (tertiary/aromatic N) is 5. The molecule has 0 fully saturated rings. The Balaban J connectivity index is 0.760. The molecular formula is C80H45N5S3. The second-order valence-corrected chi connectivity index (χ2v) is 26.5. The lowest BCUT2D eigenvalue weighted by Gasteiger charge is -2.14. The molecule has 0 spiro atoms. The lowest BCUT2D eigenvalue weighted by atomic mass is 9.99. The first kappa shape index (κ1) is 48.5. The van der Waals surface area contributed by atoms with Crippen LogP contribution in [0.4, 0.5) is 0 Å². The third-order valence-electron chi connectivity index (χ3n) is 18.4. The highest BCUT2D eigenvalue weighted by Crippen LogP contribution is 2.46. The maximum absolute atomic E-state index is 5.68. The van der Waals surface area contributed by atoms with Gasteiger partial charge in [-0.3, -0.25) is 0 Å². The van der Waals surface area contributed by atoms with Gasteiger partial charge < -0.3 is 13.7 Å². The second kappa shape index (κ2) is 18.4. The number of hydrogen-bond donors (Lipinski definition) is 0. The van der Waals surface area contributed by atoms with E-state index in [1.54, 1.807) is 0 Å². The summed E-state index contributed by atoms with van der Waals surface area (Å²) in [6.07, 6.45) is 0. The van der Waals surface area contributed by atoms with Crippen molar-refractivity contribution in [3.05, 3.63) is 273 Å². The van der Waals surface area contributed by atoms with Crippen LogP contribution in [0.3, 0.4) is 0 Å². The van der Waals surface area contributed by atoms with Crippen LogP contribution in [0.25, 0.3) is 188 Å². The number of fused-ring (bicyclic) bond motifs is 19. The molecule has 88 heavy (non-hydrogen) atoms. The summed E-state index contributed by atoms with van der Waals surface area (Å²) in [5, 5.41) is 16.3. The summed E-state index contributed by atoms with van der Waals surface area (Å²) in [6, 6.07) is 101. The van der Waals surface area contributed by atoms with Gasteiger partial charge in [-0.2, -0.15) is 0 Å². The van der Waals surface area contributed by atoms with Crippen LogP contribution in [0.15, 0.2) is 273 Å². The molecule has 408 valence electrons. The number of aromatic nitrogens is 5. The molecular weight excluding hydrogens is 1130 g/mol. The summed E-state index contributed by atoms with van der Waals surface area (Å²) in [7, 11) is 0. The van der Waals surface area contributed by atoms with Crippen molar-refractivity contribution in [1.29, 1.82) is 0 Å². The van der Waals surface area contributed by atoms with Crippen molar-refractivity contribution in [2.75, 3.05) is 0 Å². The smallest absolute Gasteiger partial charge is 0.160 e.